The summed E-state index contributed by atoms with van der Waals surface area (Å²) in [6.45, 7) is 5.84. The van der Waals surface area contributed by atoms with Crippen molar-refractivity contribution in [2.75, 3.05) is 19.8 Å². The first-order chi connectivity index (χ1) is 7.74. The monoisotopic (exact) mass is 227 g/mol. The Hall–Kier alpha value is -0.610. The Morgan fingerprint density at radius 2 is 2.38 bits per heavy atom. The van der Waals surface area contributed by atoms with Crippen LogP contribution < -0.4 is 0 Å². The van der Waals surface area contributed by atoms with Crippen LogP contribution in [0.2, 0.25) is 0 Å². The smallest absolute Gasteiger partial charge is 0.323 e. The van der Waals surface area contributed by atoms with Gasteiger partial charge in [-0.3, -0.25) is 9.69 Å². The fourth-order valence-electron chi connectivity index (χ4n) is 2.83. The second-order valence-corrected chi connectivity index (χ2v) is 4.57. The zero-order valence-electron chi connectivity index (χ0n) is 10.1. The predicted molar refractivity (Wildman–Crippen MR) is 60.2 cm³/mol. The number of hydrogen-bond donors (Lipinski definition) is 0. The summed E-state index contributed by atoms with van der Waals surface area (Å²) in [6.07, 6.45) is 3.83. The third-order valence-corrected chi connectivity index (χ3v) is 3.65. The van der Waals surface area contributed by atoms with Crippen molar-refractivity contribution < 1.29 is 14.3 Å². The molecule has 0 radical (unpaired) electrons. The number of ether oxygens (including phenoxy) is 2. The second-order valence-electron chi connectivity index (χ2n) is 4.57. The molecule has 0 aromatic heterocycles. The topological polar surface area (TPSA) is 38.8 Å². The van der Waals surface area contributed by atoms with Crippen molar-refractivity contribution in [1.29, 1.82) is 0 Å². The van der Waals surface area contributed by atoms with Crippen LogP contribution in [0.1, 0.15) is 33.1 Å². The molecule has 1 aliphatic heterocycles. The number of hydrogen-bond acceptors (Lipinski definition) is 4. The molecule has 0 aromatic carbocycles. The predicted octanol–water partition coefficient (Wildman–Crippen LogP) is 1.19. The van der Waals surface area contributed by atoms with Crippen LogP contribution in [0.5, 0.6) is 0 Å². The van der Waals surface area contributed by atoms with Gasteiger partial charge >= 0.3 is 5.97 Å². The molecule has 3 atom stereocenters. The normalized spacial score (nSPS) is 32.1. The van der Waals surface area contributed by atoms with E-state index < -0.39 is 0 Å². The molecule has 3 unspecified atom stereocenters. The van der Waals surface area contributed by atoms with E-state index >= 15 is 0 Å². The summed E-state index contributed by atoms with van der Waals surface area (Å²) in [6, 6.07) is 0.294. The molecule has 2 aliphatic rings. The Labute approximate surface area is 96.9 Å². The van der Waals surface area contributed by atoms with E-state index in [0.717, 1.165) is 26.0 Å². The summed E-state index contributed by atoms with van der Waals surface area (Å²) in [7, 11) is 0. The van der Waals surface area contributed by atoms with E-state index in [1.165, 1.54) is 6.42 Å². The summed E-state index contributed by atoms with van der Waals surface area (Å²) in [5.41, 5.74) is 0. The molecule has 4 heteroatoms. The number of carbonyl (C=O) groups is 1. The Morgan fingerprint density at radius 3 is 3.12 bits per heavy atom. The van der Waals surface area contributed by atoms with Gasteiger partial charge in [0.25, 0.3) is 0 Å². The van der Waals surface area contributed by atoms with Gasteiger partial charge in [0.05, 0.1) is 19.3 Å². The molecule has 2 fully saturated rings. The summed E-state index contributed by atoms with van der Waals surface area (Å²) < 4.78 is 10.8. The molecule has 0 amide bonds. The van der Waals surface area contributed by atoms with Crippen LogP contribution in [0.3, 0.4) is 0 Å². The van der Waals surface area contributed by atoms with Crippen molar-refractivity contribution in [3.8, 4) is 0 Å². The van der Waals surface area contributed by atoms with Crippen LogP contribution in [0, 0.1) is 0 Å². The number of fused-ring (bicyclic) bond motifs is 1. The Kier molecular flexibility index (Phi) is 3.82. The highest BCUT2D eigenvalue weighted by molar-refractivity contribution is 5.75. The average molecular weight is 227 g/mol. The van der Waals surface area contributed by atoms with E-state index in [0.29, 0.717) is 18.8 Å². The van der Waals surface area contributed by atoms with Crippen LogP contribution >= 0.6 is 0 Å². The first-order valence-electron chi connectivity index (χ1n) is 6.28. The average Bonchev–Trinajstić information content (AvgIpc) is 2.76. The third kappa shape index (κ3) is 2.23. The summed E-state index contributed by atoms with van der Waals surface area (Å²) >= 11 is 0. The standard InChI is InChI=1S/C12H21NO3/c1-3-15-12(14)9(2)13-7-8-16-11-6-4-5-10(11)13/h9-11H,3-8H2,1-2H3. The molecule has 1 heterocycles. The number of rotatable bonds is 3. The van der Waals surface area contributed by atoms with E-state index in [1.54, 1.807) is 0 Å². The fraction of sp³-hybridized carbons (Fsp3) is 0.917. The molecule has 2 rings (SSSR count). The van der Waals surface area contributed by atoms with Crippen molar-refractivity contribution in [1.82, 2.24) is 4.90 Å². The van der Waals surface area contributed by atoms with Gasteiger partial charge < -0.3 is 9.47 Å². The van der Waals surface area contributed by atoms with Gasteiger partial charge in [0.2, 0.25) is 0 Å². The molecule has 1 saturated heterocycles. The van der Waals surface area contributed by atoms with Crippen molar-refractivity contribution in [2.45, 2.75) is 51.3 Å². The molecule has 4 nitrogen and oxygen atoms in total. The largest absolute Gasteiger partial charge is 0.465 e. The molecular formula is C12H21NO3. The minimum atomic E-state index is -0.130. The van der Waals surface area contributed by atoms with Crippen LogP contribution in [0.15, 0.2) is 0 Å². The van der Waals surface area contributed by atoms with Crippen LogP contribution in [0.25, 0.3) is 0 Å². The van der Waals surface area contributed by atoms with Gasteiger partial charge in [0.15, 0.2) is 0 Å². The maximum atomic E-state index is 11.7. The van der Waals surface area contributed by atoms with Crippen molar-refractivity contribution >= 4 is 5.97 Å². The van der Waals surface area contributed by atoms with Gasteiger partial charge in [-0.05, 0) is 33.1 Å². The van der Waals surface area contributed by atoms with Gasteiger partial charge in [-0.2, -0.15) is 0 Å². The van der Waals surface area contributed by atoms with E-state index in [1.807, 2.05) is 13.8 Å². The Morgan fingerprint density at radius 1 is 1.56 bits per heavy atom. The lowest BCUT2D eigenvalue weighted by Crippen LogP contribution is -2.54. The molecule has 0 bridgehead atoms. The SMILES string of the molecule is CCOC(=O)C(C)N1CCOC2CCCC21. The van der Waals surface area contributed by atoms with Gasteiger partial charge in [-0.15, -0.1) is 0 Å². The molecule has 1 aliphatic carbocycles. The van der Waals surface area contributed by atoms with Crippen LogP contribution in [0.4, 0.5) is 0 Å². The number of esters is 1. The summed E-state index contributed by atoms with van der Waals surface area (Å²) in [4.78, 5) is 14.0. The summed E-state index contributed by atoms with van der Waals surface area (Å²) in [5, 5.41) is 0. The molecule has 0 spiro atoms. The van der Waals surface area contributed by atoms with Gasteiger partial charge in [-0.1, -0.05) is 0 Å². The quantitative estimate of drug-likeness (QED) is 0.679. The summed E-state index contributed by atoms with van der Waals surface area (Å²) in [5.74, 6) is -0.102. The minimum Gasteiger partial charge on any atom is -0.465 e. The van der Waals surface area contributed by atoms with Crippen LogP contribution in [-0.4, -0.2) is 48.8 Å². The van der Waals surface area contributed by atoms with E-state index in [9.17, 15) is 4.79 Å². The van der Waals surface area contributed by atoms with Gasteiger partial charge in [-0.25, -0.2) is 0 Å². The zero-order valence-corrected chi connectivity index (χ0v) is 10.1. The fourth-order valence-corrected chi connectivity index (χ4v) is 2.83. The lowest BCUT2D eigenvalue weighted by atomic mass is 10.1. The lowest BCUT2D eigenvalue weighted by molar-refractivity contribution is -0.154. The molecule has 92 valence electrons. The van der Waals surface area contributed by atoms with E-state index in [-0.39, 0.29) is 12.0 Å². The first-order valence-corrected chi connectivity index (χ1v) is 6.28. The molecule has 16 heavy (non-hydrogen) atoms. The number of nitrogens with zero attached hydrogens (tertiary/aromatic N) is 1. The molecule has 0 N–H and O–H groups in total. The van der Waals surface area contributed by atoms with E-state index in [4.69, 9.17) is 9.47 Å². The van der Waals surface area contributed by atoms with Crippen LogP contribution in [-0.2, 0) is 14.3 Å². The second kappa shape index (κ2) is 5.15. The maximum absolute atomic E-state index is 11.7. The van der Waals surface area contributed by atoms with Gasteiger partial charge in [0, 0.05) is 12.6 Å². The highest BCUT2D eigenvalue weighted by Crippen LogP contribution is 2.30. The molecular weight excluding hydrogens is 206 g/mol. The Balaban J connectivity index is 1.99. The molecule has 1 saturated carbocycles. The highest BCUT2D eigenvalue weighted by Gasteiger charge is 2.40. The van der Waals surface area contributed by atoms with Crippen molar-refractivity contribution in [3.63, 3.8) is 0 Å². The van der Waals surface area contributed by atoms with Gasteiger partial charge in [0.1, 0.15) is 6.04 Å². The minimum absolute atomic E-state index is 0.102. The van der Waals surface area contributed by atoms with Crippen molar-refractivity contribution in [2.24, 2.45) is 0 Å². The lowest BCUT2D eigenvalue weighted by Gasteiger charge is -2.40. The third-order valence-electron chi connectivity index (χ3n) is 3.65. The van der Waals surface area contributed by atoms with Crippen molar-refractivity contribution in [3.05, 3.63) is 0 Å². The number of morpholine rings is 1. The maximum Gasteiger partial charge on any atom is 0.323 e. The number of carbonyl (C=O) groups excluding carboxylic acids is 1. The molecule has 0 aromatic rings. The Bertz CT molecular complexity index is 257. The first kappa shape index (κ1) is 11.9. The zero-order chi connectivity index (χ0) is 11.5. The highest BCUT2D eigenvalue weighted by atomic mass is 16.5. The van der Waals surface area contributed by atoms with E-state index in [2.05, 4.69) is 4.90 Å².